The van der Waals surface area contributed by atoms with Gasteiger partial charge in [0.05, 0.1) is 16.2 Å². The van der Waals surface area contributed by atoms with Crippen LogP contribution in [-0.4, -0.2) is 32.6 Å². The van der Waals surface area contributed by atoms with E-state index >= 15 is 0 Å². The Morgan fingerprint density at radius 3 is 2.52 bits per heavy atom. The summed E-state index contributed by atoms with van der Waals surface area (Å²) in [4.78, 5) is 36.8. The molecular weight excluding hydrogens is 465 g/mol. The molecule has 0 unspecified atom stereocenters. The zero-order chi connectivity index (χ0) is 24.5. The lowest BCUT2D eigenvalue weighted by atomic mass is 10.1. The monoisotopic (exact) mass is 480 g/mol. The van der Waals surface area contributed by atoms with E-state index in [-0.39, 0.29) is 34.2 Å². The first-order chi connectivity index (χ1) is 15.4. The van der Waals surface area contributed by atoms with E-state index in [4.69, 9.17) is 11.6 Å². The standard InChI is InChI=1S/C21H16ClF3N4O4/c1-12-9-18(30)19(26-28(12)17-6-4-3-5-15(17)21(23,24)25)20(31)27(2)11-13-10-14(29(32)33)7-8-16(13)22/h3-10H,11H2,1-2H3. The maximum Gasteiger partial charge on any atom is 0.418 e. The Balaban J connectivity index is 2.02. The molecule has 172 valence electrons. The van der Waals surface area contributed by atoms with Crippen LogP contribution < -0.4 is 5.43 Å². The lowest BCUT2D eigenvalue weighted by Gasteiger charge is -2.19. The lowest BCUT2D eigenvalue weighted by molar-refractivity contribution is -0.384. The molecule has 1 amide bonds. The van der Waals surface area contributed by atoms with E-state index in [1.165, 1.54) is 50.4 Å². The van der Waals surface area contributed by atoms with Gasteiger partial charge in [-0.15, -0.1) is 0 Å². The number of alkyl halides is 3. The molecule has 0 fully saturated rings. The van der Waals surface area contributed by atoms with Crippen LogP contribution in [0.2, 0.25) is 5.02 Å². The zero-order valence-electron chi connectivity index (χ0n) is 17.3. The minimum Gasteiger partial charge on any atom is -0.336 e. The van der Waals surface area contributed by atoms with Crippen molar-refractivity contribution in [2.45, 2.75) is 19.6 Å². The molecule has 1 aromatic heterocycles. The van der Waals surface area contributed by atoms with Crippen molar-refractivity contribution in [1.82, 2.24) is 14.7 Å². The van der Waals surface area contributed by atoms with E-state index in [2.05, 4.69) is 5.10 Å². The van der Waals surface area contributed by atoms with Crippen molar-refractivity contribution >= 4 is 23.2 Å². The van der Waals surface area contributed by atoms with Gasteiger partial charge in [-0.25, -0.2) is 4.68 Å². The number of nitro groups is 1. The Morgan fingerprint density at radius 2 is 1.88 bits per heavy atom. The number of hydrogen-bond acceptors (Lipinski definition) is 5. The first kappa shape index (κ1) is 23.9. The molecule has 8 nitrogen and oxygen atoms in total. The molecule has 0 radical (unpaired) electrons. The third kappa shape index (κ3) is 5.03. The quantitative estimate of drug-likeness (QED) is 0.398. The van der Waals surface area contributed by atoms with Crippen LogP contribution in [0.1, 0.15) is 27.3 Å². The normalized spacial score (nSPS) is 11.3. The molecule has 33 heavy (non-hydrogen) atoms. The molecular formula is C21H16ClF3N4O4. The Kier molecular flexibility index (Phi) is 6.54. The second-order valence-corrected chi connectivity index (χ2v) is 7.53. The van der Waals surface area contributed by atoms with Gasteiger partial charge in [0.1, 0.15) is 0 Å². The molecule has 0 aliphatic rings. The van der Waals surface area contributed by atoms with Gasteiger partial charge in [-0.3, -0.25) is 19.7 Å². The van der Waals surface area contributed by atoms with Crippen molar-refractivity contribution in [3.63, 3.8) is 0 Å². The number of carbonyl (C=O) groups excluding carboxylic acids is 1. The summed E-state index contributed by atoms with van der Waals surface area (Å²) < 4.78 is 41.3. The summed E-state index contributed by atoms with van der Waals surface area (Å²) in [5.41, 5.74) is -2.62. The highest BCUT2D eigenvalue weighted by molar-refractivity contribution is 6.31. The second kappa shape index (κ2) is 9.02. The largest absolute Gasteiger partial charge is 0.418 e. The maximum atomic E-state index is 13.5. The summed E-state index contributed by atoms with van der Waals surface area (Å²) in [6, 6.07) is 9.34. The van der Waals surface area contributed by atoms with E-state index in [1.807, 2.05) is 0 Å². The average molecular weight is 481 g/mol. The topological polar surface area (TPSA) is 98.3 Å². The van der Waals surface area contributed by atoms with E-state index in [0.29, 0.717) is 0 Å². The van der Waals surface area contributed by atoms with Gasteiger partial charge in [0.2, 0.25) is 5.43 Å². The number of nitrogens with zero attached hydrogens (tertiary/aromatic N) is 4. The number of benzene rings is 2. The fourth-order valence-electron chi connectivity index (χ4n) is 3.14. The predicted molar refractivity (Wildman–Crippen MR) is 113 cm³/mol. The maximum absolute atomic E-state index is 13.5. The molecule has 0 spiro atoms. The highest BCUT2D eigenvalue weighted by Crippen LogP contribution is 2.33. The third-order valence-electron chi connectivity index (χ3n) is 4.74. The number of rotatable bonds is 5. The Labute approximate surface area is 190 Å². The van der Waals surface area contributed by atoms with E-state index in [1.54, 1.807) is 0 Å². The van der Waals surface area contributed by atoms with Crippen LogP contribution in [0.4, 0.5) is 18.9 Å². The van der Waals surface area contributed by atoms with Gasteiger partial charge in [-0.05, 0) is 30.7 Å². The van der Waals surface area contributed by atoms with Crippen molar-refractivity contribution < 1.29 is 22.9 Å². The first-order valence-electron chi connectivity index (χ1n) is 9.36. The fraction of sp³-hybridized carbons (Fsp3) is 0.190. The van der Waals surface area contributed by atoms with Gasteiger partial charge in [-0.1, -0.05) is 23.7 Å². The molecule has 0 bridgehead atoms. The molecule has 2 aromatic carbocycles. The van der Waals surface area contributed by atoms with Crippen molar-refractivity contribution in [3.05, 3.63) is 96.4 Å². The van der Waals surface area contributed by atoms with Crippen molar-refractivity contribution in [2.75, 3.05) is 7.05 Å². The molecule has 3 rings (SSSR count). The minimum atomic E-state index is -4.69. The van der Waals surface area contributed by atoms with Crippen molar-refractivity contribution in [1.29, 1.82) is 0 Å². The first-order valence-corrected chi connectivity index (χ1v) is 9.74. The van der Waals surface area contributed by atoms with Gasteiger partial charge in [-0.2, -0.15) is 18.3 Å². The lowest BCUT2D eigenvalue weighted by Crippen LogP contribution is -2.33. The van der Waals surface area contributed by atoms with Crippen LogP contribution in [-0.2, 0) is 12.7 Å². The number of aromatic nitrogens is 2. The van der Waals surface area contributed by atoms with Crippen LogP contribution >= 0.6 is 11.6 Å². The van der Waals surface area contributed by atoms with Crippen LogP contribution in [0.25, 0.3) is 5.69 Å². The Hall–Kier alpha value is -3.73. The van der Waals surface area contributed by atoms with Crippen LogP contribution in [0, 0.1) is 17.0 Å². The molecule has 0 aliphatic carbocycles. The summed E-state index contributed by atoms with van der Waals surface area (Å²) in [6.07, 6.45) is -4.69. The molecule has 12 heteroatoms. The van der Waals surface area contributed by atoms with Gasteiger partial charge in [0, 0.05) is 42.5 Å². The average Bonchev–Trinajstić information content (AvgIpc) is 2.74. The fourth-order valence-corrected chi connectivity index (χ4v) is 3.32. The Bertz CT molecular complexity index is 1310. The number of amides is 1. The smallest absolute Gasteiger partial charge is 0.336 e. The molecule has 0 saturated carbocycles. The summed E-state index contributed by atoms with van der Waals surface area (Å²) in [5.74, 6) is -0.888. The summed E-state index contributed by atoms with van der Waals surface area (Å²) in [7, 11) is 1.31. The molecule has 0 N–H and O–H groups in total. The molecule has 3 aromatic rings. The summed E-state index contributed by atoms with van der Waals surface area (Å²) >= 11 is 6.06. The third-order valence-corrected chi connectivity index (χ3v) is 5.11. The Morgan fingerprint density at radius 1 is 1.21 bits per heavy atom. The van der Waals surface area contributed by atoms with Gasteiger partial charge >= 0.3 is 6.18 Å². The van der Waals surface area contributed by atoms with Crippen molar-refractivity contribution in [3.8, 4) is 5.69 Å². The van der Waals surface area contributed by atoms with E-state index < -0.39 is 33.7 Å². The van der Waals surface area contributed by atoms with Crippen LogP contribution in [0.3, 0.4) is 0 Å². The van der Waals surface area contributed by atoms with Crippen molar-refractivity contribution in [2.24, 2.45) is 0 Å². The minimum absolute atomic E-state index is 0.0950. The van der Waals surface area contributed by atoms with Gasteiger partial charge in [0.25, 0.3) is 11.6 Å². The second-order valence-electron chi connectivity index (χ2n) is 7.12. The zero-order valence-corrected chi connectivity index (χ0v) is 18.0. The highest BCUT2D eigenvalue weighted by atomic mass is 35.5. The number of hydrogen-bond donors (Lipinski definition) is 0. The van der Waals surface area contributed by atoms with E-state index in [9.17, 15) is 32.9 Å². The number of aryl methyl sites for hydroxylation is 1. The van der Waals surface area contributed by atoms with Crippen LogP contribution in [0.15, 0.2) is 53.3 Å². The van der Waals surface area contributed by atoms with Gasteiger partial charge in [0.15, 0.2) is 5.69 Å². The number of halogens is 4. The van der Waals surface area contributed by atoms with Gasteiger partial charge < -0.3 is 4.90 Å². The summed E-state index contributed by atoms with van der Waals surface area (Å²) in [5, 5.41) is 15.1. The number of nitro benzene ring substituents is 1. The number of non-ortho nitro benzene ring substituents is 1. The number of carbonyl (C=O) groups is 1. The summed E-state index contributed by atoms with van der Waals surface area (Å²) in [6.45, 7) is 1.19. The molecule has 0 aliphatic heterocycles. The number of para-hydroxylation sites is 1. The van der Waals surface area contributed by atoms with E-state index in [0.717, 1.165) is 21.7 Å². The highest BCUT2D eigenvalue weighted by Gasteiger charge is 2.34. The molecule has 1 heterocycles. The van der Waals surface area contributed by atoms with Crippen LogP contribution in [0.5, 0.6) is 0 Å². The SMILES string of the molecule is Cc1cc(=O)c(C(=O)N(C)Cc2cc([N+](=O)[O-])ccc2Cl)nn1-c1ccccc1C(F)(F)F. The molecule has 0 atom stereocenters. The molecule has 0 saturated heterocycles. The predicted octanol–water partition coefficient (Wildman–Crippen LogP) is 4.39.